The van der Waals surface area contributed by atoms with Crippen LogP contribution in [-0.4, -0.2) is 30.4 Å². The second-order valence-corrected chi connectivity index (χ2v) is 13.3. The average molecular weight is 580 g/mol. The van der Waals surface area contributed by atoms with Gasteiger partial charge < -0.3 is 5.32 Å². The maximum atomic E-state index is 13.0. The second-order valence-electron chi connectivity index (χ2n) is 12.1. The molecule has 0 unspecified atom stereocenters. The lowest BCUT2D eigenvalue weighted by molar-refractivity contribution is 0.262. The minimum Gasteiger partial charge on any atom is -0.308 e. The third kappa shape index (κ3) is 6.21. The van der Waals surface area contributed by atoms with Crippen molar-refractivity contribution in [3.05, 3.63) is 90.0 Å². The summed E-state index contributed by atoms with van der Waals surface area (Å²) in [6.07, 6.45) is 8.36. The van der Waals surface area contributed by atoms with Crippen molar-refractivity contribution in [2.45, 2.75) is 80.9 Å². The minimum absolute atomic E-state index is 0.160. The fourth-order valence-corrected chi connectivity index (χ4v) is 6.17. The summed E-state index contributed by atoms with van der Waals surface area (Å²) < 4.78 is 3.94. The van der Waals surface area contributed by atoms with Gasteiger partial charge in [0.15, 0.2) is 5.65 Å². The number of anilines is 2. The fourth-order valence-electron chi connectivity index (χ4n) is 5.33. The third-order valence-electron chi connectivity index (χ3n) is 7.72. The summed E-state index contributed by atoms with van der Waals surface area (Å²) in [6, 6.07) is 21.7. The van der Waals surface area contributed by atoms with Crippen LogP contribution in [0.15, 0.2) is 82.7 Å². The van der Waals surface area contributed by atoms with Crippen molar-refractivity contribution in [3.63, 3.8) is 0 Å². The molecular formula is C33H37N7OS. The summed E-state index contributed by atoms with van der Waals surface area (Å²) >= 11 is 1.68. The Morgan fingerprint density at radius 3 is 2.31 bits per heavy atom. The molecule has 0 radical (unpaired) electrons. The molecule has 8 nitrogen and oxygen atoms in total. The Bertz CT molecular complexity index is 1690. The Hall–Kier alpha value is -4.11. The van der Waals surface area contributed by atoms with Gasteiger partial charge in [0.2, 0.25) is 0 Å². The Morgan fingerprint density at radius 2 is 1.60 bits per heavy atom. The first-order chi connectivity index (χ1) is 20.2. The molecule has 0 atom stereocenters. The van der Waals surface area contributed by atoms with Gasteiger partial charge in [-0.05, 0) is 68.3 Å². The van der Waals surface area contributed by atoms with E-state index in [1.54, 1.807) is 16.4 Å². The van der Waals surface area contributed by atoms with Gasteiger partial charge >= 0.3 is 6.03 Å². The van der Waals surface area contributed by atoms with E-state index in [1.807, 2.05) is 67.6 Å². The summed E-state index contributed by atoms with van der Waals surface area (Å²) in [7, 11) is 0. The number of carbonyl (C=O) groups is 1. The fraction of sp³-hybridized carbons (Fsp3) is 0.333. The summed E-state index contributed by atoms with van der Waals surface area (Å²) in [5.74, 6) is 2.18. The van der Waals surface area contributed by atoms with Crippen molar-refractivity contribution >= 4 is 34.9 Å². The largest absolute Gasteiger partial charge is 0.324 e. The van der Waals surface area contributed by atoms with E-state index in [0.717, 1.165) is 32.6 Å². The quantitative estimate of drug-likeness (QED) is 0.211. The molecule has 1 fully saturated rings. The van der Waals surface area contributed by atoms with Crippen molar-refractivity contribution in [1.82, 2.24) is 24.4 Å². The molecule has 2 amide bonds. The van der Waals surface area contributed by atoms with Crippen molar-refractivity contribution in [2.75, 3.05) is 10.6 Å². The number of nitrogens with one attached hydrogen (secondary N) is 2. The smallest absolute Gasteiger partial charge is 0.308 e. The van der Waals surface area contributed by atoms with E-state index < -0.39 is 0 Å². The number of rotatable bonds is 6. The highest BCUT2D eigenvalue weighted by atomic mass is 32.2. The summed E-state index contributed by atoms with van der Waals surface area (Å²) in [6.45, 7) is 8.38. The summed E-state index contributed by atoms with van der Waals surface area (Å²) in [5, 5.41) is 19.7. The van der Waals surface area contributed by atoms with Crippen molar-refractivity contribution < 1.29 is 4.79 Å². The minimum atomic E-state index is -0.322. The summed E-state index contributed by atoms with van der Waals surface area (Å²) in [5.41, 5.74) is 4.40. The van der Waals surface area contributed by atoms with Crippen molar-refractivity contribution in [3.8, 4) is 5.69 Å². The Balaban J connectivity index is 1.14. The maximum absolute atomic E-state index is 13.0. The first-order valence-corrected chi connectivity index (χ1v) is 15.4. The number of urea groups is 1. The predicted molar refractivity (Wildman–Crippen MR) is 169 cm³/mol. The van der Waals surface area contributed by atoms with E-state index in [0.29, 0.717) is 17.4 Å². The van der Waals surface area contributed by atoms with Crippen LogP contribution in [0.3, 0.4) is 0 Å². The van der Waals surface area contributed by atoms with Gasteiger partial charge in [-0.3, -0.25) is 9.72 Å². The Labute approximate surface area is 250 Å². The number of aromatic nitrogens is 5. The molecule has 42 heavy (non-hydrogen) atoms. The SMILES string of the molecule is Cc1ccc(-n2nc(C(C)(C)C)cc2NC(=O)Nc2ccc(Sc3ccc4nnc(C5CCCCC5)n4c3)cc2)cc1. The van der Waals surface area contributed by atoms with Gasteiger partial charge in [0.25, 0.3) is 0 Å². The lowest BCUT2D eigenvalue weighted by Crippen LogP contribution is -2.21. The number of benzene rings is 2. The monoisotopic (exact) mass is 579 g/mol. The van der Waals surface area contributed by atoms with Gasteiger partial charge in [-0.15, -0.1) is 10.2 Å². The number of hydrogen-bond donors (Lipinski definition) is 2. The van der Waals surface area contributed by atoms with Gasteiger partial charge in [0, 0.05) is 39.1 Å². The number of amides is 2. The van der Waals surface area contributed by atoms with Crippen LogP contribution >= 0.6 is 11.8 Å². The van der Waals surface area contributed by atoms with E-state index in [9.17, 15) is 4.79 Å². The first-order valence-electron chi connectivity index (χ1n) is 14.6. The zero-order valence-electron chi connectivity index (χ0n) is 24.6. The highest BCUT2D eigenvalue weighted by Crippen LogP contribution is 2.34. The molecule has 1 aliphatic rings. The van der Waals surface area contributed by atoms with Crippen LogP contribution in [0.2, 0.25) is 0 Å². The van der Waals surface area contributed by atoms with E-state index in [1.165, 1.54) is 37.7 Å². The lowest BCUT2D eigenvalue weighted by atomic mass is 9.89. The van der Waals surface area contributed by atoms with Gasteiger partial charge in [-0.25, -0.2) is 9.48 Å². The number of pyridine rings is 1. The Morgan fingerprint density at radius 1 is 0.881 bits per heavy atom. The van der Waals surface area contributed by atoms with Crippen LogP contribution in [0, 0.1) is 6.92 Å². The predicted octanol–water partition coefficient (Wildman–Crippen LogP) is 8.36. The van der Waals surface area contributed by atoms with Crippen LogP contribution in [0.4, 0.5) is 16.3 Å². The number of aryl methyl sites for hydroxylation is 1. The van der Waals surface area contributed by atoms with Crippen LogP contribution in [0.5, 0.6) is 0 Å². The average Bonchev–Trinajstić information content (AvgIpc) is 3.59. The maximum Gasteiger partial charge on any atom is 0.324 e. The molecule has 0 saturated heterocycles. The molecule has 0 bridgehead atoms. The molecular weight excluding hydrogens is 542 g/mol. The van der Waals surface area contributed by atoms with E-state index in [2.05, 4.69) is 58.3 Å². The van der Waals surface area contributed by atoms with E-state index >= 15 is 0 Å². The highest BCUT2D eigenvalue weighted by Gasteiger charge is 2.22. The first kappa shape index (κ1) is 28.0. The summed E-state index contributed by atoms with van der Waals surface area (Å²) in [4.78, 5) is 15.2. The molecule has 1 aliphatic carbocycles. The molecule has 3 aromatic heterocycles. The van der Waals surface area contributed by atoms with Crippen molar-refractivity contribution in [2.24, 2.45) is 0 Å². The molecule has 2 aromatic carbocycles. The van der Waals surface area contributed by atoms with E-state index in [4.69, 9.17) is 5.10 Å². The topological polar surface area (TPSA) is 89.1 Å². The number of nitrogens with zero attached hydrogens (tertiary/aromatic N) is 5. The normalized spacial score (nSPS) is 14.3. The molecule has 6 rings (SSSR count). The van der Waals surface area contributed by atoms with Crippen LogP contribution < -0.4 is 10.6 Å². The second kappa shape index (κ2) is 11.6. The van der Waals surface area contributed by atoms with Crippen LogP contribution in [0.25, 0.3) is 11.3 Å². The van der Waals surface area contributed by atoms with Crippen molar-refractivity contribution in [1.29, 1.82) is 0 Å². The zero-order valence-corrected chi connectivity index (χ0v) is 25.4. The number of hydrogen-bond acceptors (Lipinski definition) is 5. The highest BCUT2D eigenvalue weighted by molar-refractivity contribution is 7.99. The molecule has 0 aliphatic heterocycles. The van der Waals surface area contributed by atoms with Gasteiger partial charge in [-0.2, -0.15) is 5.10 Å². The Kier molecular flexibility index (Phi) is 7.77. The molecule has 1 saturated carbocycles. The van der Waals surface area contributed by atoms with Crippen LogP contribution in [-0.2, 0) is 5.41 Å². The van der Waals surface area contributed by atoms with Gasteiger partial charge in [0.1, 0.15) is 11.6 Å². The standard InChI is InChI=1S/C33H37N7OS/c1-22-10-14-25(15-11-22)40-30(20-28(38-40)33(2,3)4)35-32(41)34-24-12-16-26(17-13-24)42-27-18-19-29-36-37-31(39(29)21-27)23-8-6-5-7-9-23/h10-21,23H,5-9H2,1-4H3,(H2,34,35,41). The van der Waals surface area contributed by atoms with E-state index in [-0.39, 0.29) is 11.4 Å². The zero-order chi connectivity index (χ0) is 29.3. The number of carbonyl (C=O) groups excluding carboxylic acids is 1. The molecule has 3 heterocycles. The van der Waals surface area contributed by atoms with Crippen LogP contribution in [0.1, 0.15) is 75.9 Å². The molecule has 2 N–H and O–H groups in total. The van der Waals surface area contributed by atoms with Gasteiger partial charge in [-0.1, -0.05) is 69.5 Å². The molecule has 0 spiro atoms. The molecule has 216 valence electrons. The molecule has 5 aromatic rings. The lowest BCUT2D eigenvalue weighted by Gasteiger charge is -2.19. The molecule has 9 heteroatoms. The number of fused-ring (bicyclic) bond motifs is 1. The third-order valence-corrected chi connectivity index (χ3v) is 8.70. The van der Waals surface area contributed by atoms with Gasteiger partial charge in [0.05, 0.1) is 11.4 Å².